The third-order valence-electron chi connectivity index (χ3n) is 7.40. The Kier molecular flexibility index (Phi) is 7.33. The van der Waals surface area contributed by atoms with Crippen LogP contribution in [0.3, 0.4) is 0 Å². The van der Waals surface area contributed by atoms with E-state index in [9.17, 15) is 9.59 Å². The van der Waals surface area contributed by atoms with Crippen molar-refractivity contribution in [3.05, 3.63) is 84.3 Å². The number of rotatable bonds is 8. The van der Waals surface area contributed by atoms with Gasteiger partial charge in [0.15, 0.2) is 0 Å². The molecule has 2 amide bonds. The summed E-state index contributed by atoms with van der Waals surface area (Å²) in [6.07, 6.45) is 3.43. The minimum absolute atomic E-state index is 0.00726. The van der Waals surface area contributed by atoms with Gasteiger partial charge in [-0.15, -0.1) is 0 Å². The third-order valence-corrected chi connectivity index (χ3v) is 7.40. The van der Waals surface area contributed by atoms with Gasteiger partial charge >= 0.3 is 0 Å². The molecule has 37 heavy (non-hydrogen) atoms. The van der Waals surface area contributed by atoms with Gasteiger partial charge in [0, 0.05) is 19.6 Å². The summed E-state index contributed by atoms with van der Waals surface area (Å²) in [6.45, 7) is 6.69. The number of ether oxygens (including phenoxy) is 1. The van der Waals surface area contributed by atoms with E-state index in [1.54, 1.807) is 11.2 Å². The molecule has 7 heteroatoms. The van der Waals surface area contributed by atoms with Crippen LogP contribution < -0.4 is 10.1 Å². The topological polar surface area (TPSA) is 75.0 Å². The van der Waals surface area contributed by atoms with Crippen molar-refractivity contribution in [1.82, 2.24) is 15.1 Å². The van der Waals surface area contributed by atoms with Gasteiger partial charge in [-0.3, -0.25) is 14.5 Å². The van der Waals surface area contributed by atoms with Gasteiger partial charge in [0.2, 0.25) is 11.8 Å². The number of benzene rings is 2. The number of hydrogen-bond donors (Lipinski definition) is 1. The summed E-state index contributed by atoms with van der Waals surface area (Å²) in [6, 6.07) is 21.1. The Bertz CT molecular complexity index is 1180. The van der Waals surface area contributed by atoms with Crippen molar-refractivity contribution in [2.45, 2.75) is 57.8 Å². The van der Waals surface area contributed by atoms with Crippen LogP contribution in [0.5, 0.6) is 11.5 Å². The molecule has 7 nitrogen and oxygen atoms in total. The van der Waals surface area contributed by atoms with Crippen LogP contribution in [0, 0.1) is 5.92 Å². The largest absolute Gasteiger partial charge is 0.467 e. The predicted octanol–water partition coefficient (Wildman–Crippen LogP) is 4.98. The molecular weight excluding hydrogens is 466 g/mol. The summed E-state index contributed by atoms with van der Waals surface area (Å²) in [7, 11) is 0. The van der Waals surface area contributed by atoms with E-state index in [0.717, 1.165) is 31.1 Å². The number of likely N-dealkylation sites (tertiary alicyclic amines) is 1. The van der Waals surface area contributed by atoms with Crippen LogP contribution in [-0.4, -0.2) is 46.3 Å². The first-order valence-electron chi connectivity index (χ1n) is 13.1. The van der Waals surface area contributed by atoms with Crippen molar-refractivity contribution >= 4 is 11.8 Å². The van der Waals surface area contributed by atoms with Crippen molar-refractivity contribution in [2.24, 2.45) is 5.92 Å². The third kappa shape index (κ3) is 5.57. The van der Waals surface area contributed by atoms with E-state index in [4.69, 9.17) is 9.15 Å². The molecule has 0 bridgehead atoms. The second-order valence-corrected chi connectivity index (χ2v) is 10.5. The first-order chi connectivity index (χ1) is 17.9. The van der Waals surface area contributed by atoms with Gasteiger partial charge in [-0.25, -0.2) is 0 Å². The fraction of sp³-hybridized carbons (Fsp3) is 0.400. The van der Waals surface area contributed by atoms with Crippen LogP contribution >= 0.6 is 0 Å². The van der Waals surface area contributed by atoms with E-state index in [1.165, 1.54) is 5.56 Å². The minimum Gasteiger partial charge on any atom is -0.467 e. The molecular formula is C30H35N3O4. The average Bonchev–Trinajstić information content (AvgIpc) is 3.41. The van der Waals surface area contributed by atoms with Crippen molar-refractivity contribution in [3.63, 3.8) is 0 Å². The number of hydrogen-bond acceptors (Lipinski definition) is 5. The summed E-state index contributed by atoms with van der Waals surface area (Å²) < 4.78 is 11.5. The first-order valence-corrected chi connectivity index (χ1v) is 13.1. The second-order valence-electron chi connectivity index (χ2n) is 10.5. The van der Waals surface area contributed by atoms with E-state index < -0.39 is 11.6 Å². The van der Waals surface area contributed by atoms with E-state index in [2.05, 4.69) is 36.2 Å². The highest BCUT2D eigenvalue weighted by molar-refractivity contribution is 6.00. The highest BCUT2D eigenvalue weighted by Gasteiger charge is 2.53. The summed E-state index contributed by atoms with van der Waals surface area (Å²) >= 11 is 0. The van der Waals surface area contributed by atoms with Crippen molar-refractivity contribution < 1.29 is 18.7 Å². The van der Waals surface area contributed by atoms with Gasteiger partial charge in [0.05, 0.1) is 12.8 Å². The Hall–Kier alpha value is -3.58. The van der Waals surface area contributed by atoms with Gasteiger partial charge in [-0.2, -0.15) is 0 Å². The lowest BCUT2D eigenvalue weighted by Gasteiger charge is -2.51. The fourth-order valence-electron chi connectivity index (χ4n) is 5.42. The van der Waals surface area contributed by atoms with Crippen LogP contribution in [0.15, 0.2) is 77.4 Å². The van der Waals surface area contributed by atoms with Crippen LogP contribution in [0.2, 0.25) is 0 Å². The molecule has 194 valence electrons. The van der Waals surface area contributed by atoms with Crippen molar-refractivity contribution in [2.75, 3.05) is 13.1 Å². The maximum absolute atomic E-state index is 13.6. The Balaban J connectivity index is 1.25. The molecule has 0 saturated carbocycles. The van der Waals surface area contributed by atoms with Gasteiger partial charge < -0.3 is 19.4 Å². The molecule has 2 fully saturated rings. The lowest BCUT2D eigenvalue weighted by Crippen LogP contribution is -2.72. The summed E-state index contributed by atoms with van der Waals surface area (Å²) in [4.78, 5) is 31.3. The number of piperidine rings is 1. The molecule has 2 aromatic carbocycles. The number of furan rings is 1. The Morgan fingerprint density at radius 2 is 1.65 bits per heavy atom. The lowest BCUT2D eigenvalue weighted by atomic mass is 9.80. The molecule has 0 aliphatic carbocycles. The molecule has 1 unspecified atom stereocenters. The minimum atomic E-state index is -0.846. The van der Waals surface area contributed by atoms with Crippen LogP contribution in [-0.2, 0) is 22.7 Å². The van der Waals surface area contributed by atoms with E-state index in [-0.39, 0.29) is 11.8 Å². The van der Waals surface area contributed by atoms with Gasteiger partial charge in [0.1, 0.15) is 28.8 Å². The molecule has 5 rings (SSSR count). The van der Waals surface area contributed by atoms with Gasteiger partial charge in [0.25, 0.3) is 0 Å². The average molecular weight is 502 g/mol. The number of carbonyl (C=O) groups is 2. The number of carbonyl (C=O) groups excluding carboxylic acids is 2. The predicted molar refractivity (Wildman–Crippen MR) is 141 cm³/mol. The fourth-order valence-corrected chi connectivity index (χ4v) is 5.42. The molecule has 1 aromatic heterocycles. The van der Waals surface area contributed by atoms with E-state index >= 15 is 0 Å². The monoisotopic (exact) mass is 501 g/mol. The number of nitrogens with zero attached hydrogens (tertiary/aromatic N) is 2. The van der Waals surface area contributed by atoms with Crippen LogP contribution in [0.25, 0.3) is 0 Å². The maximum Gasteiger partial charge on any atom is 0.246 e. The zero-order valence-corrected chi connectivity index (χ0v) is 21.6. The van der Waals surface area contributed by atoms with Gasteiger partial charge in [-0.05, 0) is 67.1 Å². The standard InChI is InChI=1S/C30H35N3O4/c1-22(2)19-27-28(34)33(21-26-9-6-18-36-26)30(29(35)31-27)14-16-32(17-15-30)20-23-10-12-25(13-11-23)37-24-7-4-3-5-8-24/h3-13,18,22,27H,14-17,19-21H2,1-2H3,(H,31,35). The quantitative estimate of drug-likeness (QED) is 0.471. The number of nitrogens with one attached hydrogen (secondary N) is 1. The Labute approximate surface area is 218 Å². The summed E-state index contributed by atoms with van der Waals surface area (Å²) in [5.41, 5.74) is 0.339. The molecule has 2 saturated heterocycles. The summed E-state index contributed by atoms with van der Waals surface area (Å²) in [5, 5.41) is 3.07. The molecule has 1 N–H and O–H groups in total. The highest BCUT2D eigenvalue weighted by Crippen LogP contribution is 2.36. The first kappa shape index (κ1) is 25.1. The molecule has 2 aliphatic heterocycles. The van der Waals surface area contributed by atoms with Gasteiger partial charge in [-0.1, -0.05) is 44.2 Å². The van der Waals surface area contributed by atoms with Crippen molar-refractivity contribution in [3.8, 4) is 11.5 Å². The number of piperazine rings is 1. The van der Waals surface area contributed by atoms with E-state index in [1.807, 2.05) is 54.6 Å². The van der Waals surface area contributed by atoms with Crippen LogP contribution in [0.4, 0.5) is 0 Å². The van der Waals surface area contributed by atoms with E-state index in [0.29, 0.717) is 37.5 Å². The molecule has 3 heterocycles. The maximum atomic E-state index is 13.6. The zero-order valence-electron chi connectivity index (χ0n) is 21.6. The molecule has 2 aliphatic rings. The second kappa shape index (κ2) is 10.8. The summed E-state index contributed by atoms with van der Waals surface area (Å²) in [5.74, 6) is 2.57. The molecule has 3 aromatic rings. The lowest BCUT2D eigenvalue weighted by molar-refractivity contribution is -0.163. The Morgan fingerprint density at radius 1 is 0.946 bits per heavy atom. The smallest absolute Gasteiger partial charge is 0.246 e. The zero-order chi connectivity index (χ0) is 25.8. The normalized spacial score (nSPS) is 19.9. The molecule has 1 spiro atoms. The highest BCUT2D eigenvalue weighted by atomic mass is 16.5. The number of para-hydroxylation sites is 1. The molecule has 1 atom stereocenters. The van der Waals surface area contributed by atoms with Crippen LogP contribution in [0.1, 0.15) is 44.4 Å². The Morgan fingerprint density at radius 3 is 2.30 bits per heavy atom. The molecule has 0 radical (unpaired) electrons. The SMILES string of the molecule is CC(C)CC1NC(=O)C2(CCN(Cc3ccc(Oc4ccccc4)cc3)CC2)N(Cc2ccco2)C1=O. The van der Waals surface area contributed by atoms with Crippen molar-refractivity contribution in [1.29, 1.82) is 0 Å². The number of amides is 2.